The van der Waals surface area contributed by atoms with Gasteiger partial charge in [-0.25, -0.2) is 0 Å². The van der Waals surface area contributed by atoms with Gasteiger partial charge in [0.15, 0.2) is 5.72 Å². The highest BCUT2D eigenvalue weighted by Crippen LogP contribution is 2.36. The first-order valence-corrected chi connectivity index (χ1v) is 11.5. The first kappa shape index (κ1) is 25.2. The van der Waals surface area contributed by atoms with Crippen LogP contribution in [0.15, 0.2) is 48.5 Å². The maximum absolute atomic E-state index is 13.9. The lowest BCUT2D eigenvalue weighted by Gasteiger charge is -2.47. The second-order valence-electron chi connectivity index (χ2n) is 6.91. The molecule has 31 heavy (non-hydrogen) atoms. The molecule has 0 N–H and O–H groups in total. The average molecular weight is 540 g/mol. The summed E-state index contributed by atoms with van der Waals surface area (Å²) in [5.74, 6) is -0.374. The summed E-state index contributed by atoms with van der Waals surface area (Å²) in [6.07, 6.45) is 0.723. The third-order valence-corrected chi connectivity index (χ3v) is 5.70. The number of hydrogen-bond acceptors (Lipinski definition) is 5. The van der Waals surface area contributed by atoms with Gasteiger partial charge in [0.05, 0.1) is 4.92 Å². The molecule has 2 aromatic carbocycles. The Labute approximate surface area is 197 Å². The van der Waals surface area contributed by atoms with Crippen LogP contribution in [0.1, 0.15) is 50.9 Å². The van der Waals surface area contributed by atoms with Gasteiger partial charge in [-0.05, 0) is 67.5 Å². The SMILES string of the molecule is CCOC(CC)C(CC)(OCC)N(C(=O)c1cc(I)cc([N+](=O)[O-])c1)c1ccccc1. The molecule has 0 aliphatic carbocycles. The number of nitro groups is 1. The summed E-state index contributed by atoms with van der Waals surface area (Å²) >= 11 is 1.99. The molecule has 0 aromatic heterocycles. The summed E-state index contributed by atoms with van der Waals surface area (Å²) in [5.41, 5.74) is -0.332. The van der Waals surface area contributed by atoms with Crippen LogP contribution < -0.4 is 4.90 Å². The zero-order valence-electron chi connectivity index (χ0n) is 18.3. The Hall–Kier alpha value is -2.04. The van der Waals surface area contributed by atoms with E-state index in [1.807, 2.05) is 80.6 Å². The number of hydrogen-bond donors (Lipinski definition) is 0. The monoisotopic (exact) mass is 540 g/mol. The van der Waals surface area contributed by atoms with Gasteiger partial charge in [0.2, 0.25) is 0 Å². The van der Waals surface area contributed by atoms with Crippen molar-refractivity contribution >= 4 is 39.9 Å². The number of amides is 1. The number of benzene rings is 2. The van der Waals surface area contributed by atoms with Gasteiger partial charge in [0.1, 0.15) is 6.10 Å². The van der Waals surface area contributed by atoms with Gasteiger partial charge in [-0.2, -0.15) is 0 Å². The molecule has 7 nitrogen and oxygen atoms in total. The normalized spacial score (nSPS) is 14.0. The lowest BCUT2D eigenvalue weighted by molar-refractivity contribution is -0.385. The number of carbonyl (C=O) groups excluding carboxylic acids is 1. The molecule has 0 heterocycles. The second kappa shape index (κ2) is 11.5. The molecule has 8 heteroatoms. The zero-order chi connectivity index (χ0) is 23.0. The molecule has 0 spiro atoms. The van der Waals surface area contributed by atoms with Crippen molar-refractivity contribution in [1.29, 1.82) is 0 Å². The fourth-order valence-electron chi connectivity index (χ4n) is 3.82. The molecule has 2 rings (SSSR count). The number of anilines is 1. The largest absolute Gasteiger partial charge is 0.373 e. The predicted octanol–water partition coefficient (Wildman–Crippen LogP) is 5.80. The van der Waals surface area contributed by atoms with E-state index in [2.05, 4.69) is 0 Å². The fraction of sp³-hybridized carbons (Fsp3) is 0.435. The van der Waals surface area contributed by atoms with Crippen LogP contribution in [0.5, 0.6) is 0 Å². The Morgan fingerprint density at radius 3 is 2.32 bits per heavy atom. The van der Waals surface area contributed by atoms with Crippen molar-refractivity contribution in [3.63, 3.8) is 0 Å². The Kier molecular flexibility index (Phi) is 9.39. The average Bonchev–Trinajstić information content (AvgIpc) is 2.77. The van der Waals surface area contributed by atoms with Crippen molar-refractivity contribution in [3.8, 4) is 0 Å². The molecular formula is C23H29IN2O5. The van der Waals surface area contributed by atoms with Crippen LogP contribution in [-0.2, 0) is 9.47 Å². The van der Waals surface area contributed by atoms with Gasteiger partial charge in [-0.1, -0.05) is 32.0 Å². The van der Waals surface area contributed by atoms with Crippen molar-refractivity contribution < 1.29 is 19.2 Å². The van der Waals surface area contributed by atoms with Gasteiger partial charge < -0.3 is 9.47 Å². The second-order valence-corrected chi connectivity index (χ2v) is 8.16. The van der Waals surface area contributed by atoms with Gasteiger partial charge in [-0.15, -0.1) is 0 Å². The summed E-state index contributed by atoms with van der Waals surface area (Å²) < 4.78 is 13.0. The fourth-order valence-corrected chi connectivity index (χ4v) is 4.48. The molecule has 0 radical (unpaired) electrons. The highest BCUT2D eigenvalue weighted by Gasteiger charge is 2.47. The van der Waals surface area contributed by atoms with E-state index in [0.29, 0.717) is 35.3 Å². The van der Waals surface area contributed by atoms with Crippen molar-refractivity contribution in [3.05, 3.63) is 67.8 Å². The third kappa shape index (κ3) is 5.61. The van der Waals surface area contributed by atoms with E-state index in [1.165, 1.54) is 12.1 Å². The topological polar surface area (TPSA) is 81.9 Å². The standard InChI is InChI=1S/C23H29IN2O5/c1-5-21(30-7-3)23(6-2,31-8-4)25(19-12-10-9-11-13-19)22(27)17-14-18(24)16-20(15-17)26(28)29/h9-16,21H,5-8H2,1-4H3. The predicted molar refractivity (Wildman–Crippen MR) is 129 cm³/mol. The van der Waals surface area contributed by atoms with Gasteiger partial charge in [-0.3, -0.25) is 19.8 Å². The molecule has 0 saturated carbocycles. The third-order valence-electron chi connectivity index (χ3n) is 5.08. The van der Waals surface area contributed by atoms with E-state index in [1.54, 1.807) is 11.0 Å². The molecule has 1 amide bonds. The van der Waals surface area contributed by atoms with E-state index in [9.17, 15) is 14.9 Å². The maximum Gasteiger partial charge on any atom is 0.271 e. The van der Waals surface area contributed by atoms with E-state index in [4.69, 9.17) is 9.47 Å². The summed E-state index contributed by atoms with van der Waals surface area (Å²) in [7, 11) is 0. The molecule has 0 aliphatic heterocycles. The first-order valence-electron chi connectivity index (χ1n) is 10.4. The van der Waals surface area contributed by atoms with Crippen LogP contribution in [0.25, 0.3) is 0 Å². The number of nitrogens with zero attached hydrogens (tertiary/aromatic N) is 2. The number of halogens is 1. The molecule has 0 saturated heterocycles. The minimum Gasteiger partial charge on any atom is -0.373 e. The molecule has 0 fully saturated rings. The van der Waals surface area contributed by atoms with Crippen LogP contribution in [0.2, 0.25) is 0 Å². The quantitative estimate of drug-likeness (QED) is 0.156. The molecule has 168 valence electrons. The minimum atomic E-state index is -1.08. The Bertz CT molecular complexity index is 893. The van der Waals surface area contributed by atoms with Crippen molar-refractivity contribution in [2.24, 2.45) is 0 Å². The number of ether oxygens (including phenoxy) is 2. The summed E-state index contributed by atoms with van der Waals surface area (Å²) in [6.45, 7) is 8.59. The van der Waals surface area contributed by atoms with Gasteiger partial charge >= 0.3 is 0 Å². The zero-order valence-corrected chi connectivity index (χ0v) is 20.5. The number of non-ortho nitro benzene ring substituents is 1. The van der Waals surface area contributed by atoms with Crippen molar-refractivity contribution in [2.45, 2.75) is 52.4 Å². The van der Waals surface area contributed by atoms with Crippen molar-refractivity contribution in [1.82, 2.24) is 0 Å². The van der Waals surface area contributed by atoms with E-state index >= 15 is 0 Å². The number of rotatable bonds is 11. The highest BCUT2D eigenvalue weighted by atomic mass is 127. The number of carbonyl (C=O) groups is 1. The lowest BCUT2D eigenvalue weighted by atomic mass is 9.96. The molecule has 2 aromatic rings. The lowest BCUT2D eigenvalue weighted by Crippen LogP contribution is -2.61. The maximum atomic E-state index is 13.9. The number of nitro benzene ring substituents is 1. The van der Waals surface area contributed by atoms with E-state index < -0.39 is 10.6 Å². The smallest absolute Gasteiger partial charge is 0.271 e. The molecule has 0 aliphatic rings. The summed E-state index contributed by atoms with van der Waals surface area (Å²) in [4.78, 5) is 26.5. The van der Waals surface area contributed by atoms with Crippen molar-refractivity contribution in [2.75, 3.05) is 18.1 Å². The highest BCUT2D eigenvalue weighted by molar-refractivity contribution is 14.1. The van der Waals surface area contributed by atoms with Gasteiger partial charge in [0, 0.05) is 40.2 Å². The Morgan fingerprint density at radius 2 is 1.81 bits per heavy atom. The molecular weight excluding hydrogens is 511 g/mol. The Balaban J connectivity index is 2.74. The first-order chi connectivity index (χ1) is 14.8. The van der Waals surface area contributed by atoms with E-state index in [-0.39, 0.29) is 23.3 Å². The molecule has 2 atom stereocenters. The van der Waals surface area contributed by atoms with Gasteiger partial charge in [0.25, 0.3) is 11.6 Å². The molecule has 0 bridgehead atoms. The van der Waals surface area contributed by atoms with E-state index in [0.717, 1.165) is 0 Å². The van der Waals surface area contributed by atoms with Crippen LogP contribution >= 0.6 is 22.6 Å². The molecule has 2 unspecified atom stereocenters. The van der Waals surface area contributed by atoms with Crippen LogP contribution in [-0.4, -0.2) is 35.9 Å². The van der Waals surface area contributed by atoms with Crippen LogP contribution in [0.4, 0.5) is 11.4 Å². The van der Waals surface area contributed by atoms with Crippen LogP contribution in [0, 0.1) is 13.7 Å². The Morgan fingerprint density at radius 1 is 1.13 bits per heavy atom. The van der Waals surface area contributed by atoms with Crippen LogP contribution in [0.3, 0.4) is 0 Å². The summed E-state index contributed by atoms with van der Waals surface area (Å²) in [5, 5.41) is 11.4. The number of para-hydroxylation sites is 1. The summed E-state index contributed by atoms with van der Waals surface area (Å²) in [6, 6.07) is 13.6. The minimum absolute atomic E-state index is 0.126.